The van der Waals surface area contributed by atoms with E-state index in [4.69, 9.17) is 11.5 Å². The first kappa shape index (κ1) is 14.3. The molecule has 2 unspecified atom stereocenters. The lowest BCUT2D eigenvalue weighted by Crippen LogP contribution is -2.30. The number of carbonyl (C=O) groups is 1. The van der Waals surface area contributed by atoms with E-state index in [1.165, 1.54) is 6.07 Å². The molecule has 2 aliphatic rings. The summed E-state index contributed by atoms with van der Waals surface area (Å²) in [5.41, 5.74) is 11.6. The first-order valence-corrected chi connectivity index (χ1v) is 7.53. The van der Waals surface area contributed by atoms with Gasteiger partial charge in [-0.25, -0.2) is 4.39 Å². The van der Waals surface area contributed by atoms with Gasteiger partial charge >= 0.3 is 0 Å². The van der Waals surface area contributed by atoms with Crippen molar-refractivity contribution in [1.29, 1.82) is 0 Å². The number of guanidine groups is 1. The zero-order chi connectivity index (χ0) is 15.1. The average Bonchev–Trinajstić information content (AvgIpc) is 3.01. The number of hydrogen-bond acceptors (Lipinski definition) is 1. The van der Waals surface area contributed by atoms with Crippen LogP contribution < -0.4 is 11.5 Å². The molecule has 0 heterocycles. The van der Waals surface area contributed by atoms with Crippen LogP contribution in [0.3, 0.4) is 0 Å². The molecular formula is C15H15BrFN3O. The van der Waals surface area contributed by atoms with Gasteiger partial charge in [-0.15, -0.1) is 0 Å². The Hall–Kier alpha value is -1.69. The molecular weight excluding hydrogens is 337 g/mol. The second-order valence-electron chi connectivity index (χ2n) is 5.55. The predicted molar refractivity (Wildman–Crippen MR) is 81.9 cm³/mol. The van der Waals surface area contributed by atoms with Crippen LogP contribution in [0, 0.1) is 23.6 Å². The molecule has 1 saturated carbocycles. The normalized spacial score (nSPS) is 29.6. The highest BCUT2D eigenvalue weighted by Crippen LogP contribution is 2.53. The van der Waals surface area contributed by atoms with Gasteiger partial charge in [0.2, 0.25) is 0 Å². The highest BCUT2D eigenvalue weighted by Gasteiger charge is 2.48. The van der Waals surface area contributed by atoms with Crippen molar-refractivity contribution in [3.63, 3.8) is 0 Å². The molecule has 1 aromatic rings. The van der Waals surface area contributed by atoms with E-state index in [-0.39, 0.29) is 41.4 Å². The minimum absolute atomic E-state index is 0.00694. The van der Waals surface area contributed by atoms with Crippen LogP contribution in [0.2, 0.25) is 0 Å². The Morgan fingerprint density at radius 3 is 2.67 bits per heavy atom. The Morgan fingerprint density at radius 1 is 1.29 bits per heavy atom. The predicted octanol–water partition coefficient (Wildman–Crippen LogP) is 2.29. The Bertz CT molecular complexity index is 654. The maximum absolute atomic E-state index is 13.4. The van der Waals surface area contributed by atoms with Crippen molar-refractivity contribution in [1.82, 2.24) is 0 Å². The molecule has 3 rings (SSSR count). The summed E-state index contributed by atoms with van der Waals surface area (Å²) in [4.78, 5) is 16.0. The van der Waals surface area contributed by atoms with Crippen LogP contribution in [0.1, 0.15) is 17.9 Å². The Morgan fingerprint density at radius 2 is 2.00 bits per heavy atom. The van der Waals surface area contributed by atoms with Gasteiger partial charge < -0.3 is 11.5 Å². The van der Waals surface area contributed by atoms with E-state index in [0.29, 0.717) is 4.47 Å². The van der Waals surface area contributed by atoms with Crippen LogP contribution in [0.5, 0.6) is 0 Å². The molecule has 4 N–H and O–H groups in total. The van der Waals surface area contributed by atoms with Gasteiger partial charge in [0.1, 0.15) is 5.82 Å². The maximum atomic E-state index is 13.4. The minimum atomic E-state index is -0.315. The molecule has 0 spiro atoms. The highest BCUT2D eigenvalue weighted by atomic mass is 79.9. The standard InChI is InChI=1S/C15H15BrFN3O/c16-10-6-9(3-4-11(10)17)12-7-1-2-8(5-7)13(12)14(21)20-15(18)19/h1-4,6-8,12-13H,5H2,(H4,18,19,20,21)/t7?,8?,12-,13+/m0/s1. The van der Waals surface area contributed by atoms with Gasteiger partial charge in [-0.2, -0.15) is 4.99 Å². The number of benzene rings is 1. The number of carbonyl (C=O) groups excluding carboxylic acids is 1. The van der Waals surface area contributed by atoms with Crippen molar-refractivity contribution in [2.75, 3.05) is 0 Å². The van der Waals surface area contributed by atoms with E-state index in [9.17, 15) is 9.18 Å². The van der Waals surface area contributed by atoms with Gasteiger partial charge in [0.05, 0.1) is 10.4 Å². The van der Waals surface area contributed by atoms with Crippen LogP contribution in [-0.2, 0) is 4.79 Å². The number of hydrogen-bond donors (Lipinski definition) is 2. The van der Waals surface area contributed by atoms with Crippen LogP contribution in [0.4, 0.5) is 4.39 Å². The van der Waals surface area contributed by atoms with Crippen LogP contribution in [0.15, 0.2) is 39.8 Å². The number of allylic oxidation sites excluding steroid dienone is 2. The molecule has 2 aliphatic carbocycles. The average molecular weight is 352 g/mol. The third kappa shape index (κ3) is 2.48. The first-order valence-electron chi connectivity index (χ1n) is 6.74. The molecule has 0 aromatic heterocycles. The lowest BCUT2D eigenvalue weighted by molar-refractivity contribution is -0.122. The third-order valence-electron chi connectivity index (χ3n) is 4.31. The van der Waals surface area contributed by atoms with Crippen LogP contribution in [-0.4, -0.2) is 11.9 Å². The molecule has 4 atom stereocenters. The number of nitrogens with zero attached hydrogens (tertiary/aromatic N) is 1. The van der Waals surface area contributed by atoms with E-state index >= 15 is 0 Å². The van der Waals surface area contributed by atoms with Crippen LogP contribution in [0.25, 0.3) is 0 Å². The summed E-state index contributed by atoms with van der Waals surface area (Å²) in [5, 5.41) is 0. The lowest BCUT2D eigenvalue weighted by atomic mass is 9.78. The first-order chi connectivity index (χ1) is 9.97. The van der Waals surface area contributed by atoms with Gasteiger partial charge in [0, 0.05) is 5.92 Å². The van der Waals surface area contributed by atoms with Gasteiger partial charge in [0.15, 0.2) is 5.96 Å². The molecule has 1 amide bonds. The fraction of sp³-hybridized carbons (Fsp3) is 0.333. The molecule has 0 aliphatic heterocycles. The van der Waals surface area contributed by atoms with Gasteiger partial charge in [-0.05, 0) is 51.9 Å². The van der Waals surface area contributed by atoms with Crippen molar-refractivity contribution in [3.8, 4) is 0 Å². The minimum Gasteiger partial charge on any atom is -0.370 e. The molecule has 110 valence electrons. The maximum Gasteiger partial charge on any atom is 0.253 e. The molecule has 21 heavy (non-hydrogen) atoms. The summed E-state index contributed by atoms with van der Waals surface area (Å²) < 4.78 is 13.8. The number of rotatable bonds is 2. The fourth-order valence-corrected chi connectivity index (χ4v) is 3.93. The Balaban J connectivity index is 1.99. The van der Waals surface area contributed by atoms with Gasteiger partial charge in [-0.3, -0.25) is 4.79 Å². The molecule has 4 nitrogen and oxygen atoms in total. The highest BCUT2D eigenvalue weighted by molar-refractivity contribution is 9.10. The molecule has 2 bridgehead atoms. The van der Waals surface area contributed by atoms with E-state index in [1.807, 2.05) is 0 Å². The van der Waals surface area contributed by atoms with Crippen LogP contribution >= 0.6 is 15.9 Å². The topological polar surface area (TPSA) is 81.5 Å². The monoisotopic (exact) mass is 351 g/mol. The Kier molecular flexibility index (Phi) is 3.57. The second-order valence-corrected chi connectivity index (χ2v) is 6.40. The van der Waals surface area contributed by atoms with Crippen molar-refractivity contribution in [2.24, 2.45) is 34.2 Å². The SMILES string of the molecule is NC(N)=NC(=O)[C@@H]1C2C=CC(C2)[C@H]1c1ccc(F)c(Br)c1. The molecule has 0 radical (unpaired) electrons. The third-order valence-corrected chi connectivity index (χ3v) is 4.92. The molecule has 0 saturated heterocycles. The number of halogens is 2. The summed E-state index contributed by atoms with van der Waals surface area (Å²) in [6.07, 6.45) is 5.10. The zero-order valence-electron chi connectivity index (χ0n) is 11.2. The second kappa shape index (κ2) is 5.26. The summed E-state index contributed by atoms with van der Waals surface area (Å²) in [6, 6.07) is 4.89. The zero-order valence-corrected chi connectivity index (χ0v) is 12.8. The molecule has 6 heteroatoms. The van der Waals surface area contributed by atoms with E-state index < -0.39 is 0 Å². The quantitative estimate of drug-likeness (QED) is 0.487. The van der Waals surface area contributed by atoms with E-state index in [1.54, 1.807) is 12.1 Å². The lowest BCUT2D eigenvalue weighted by Gasteiger charge is -2.26. The molecule has 1 fully saturated rings. The number of aliphatic imine (C=N–C) groups is 1. The summed E-state index contributed by atoms with van der Waals surface area (Å²) >= 11 is 3.20. The summed E-state index contributed by atoms with van der Waals surface area (Å²) in [7, 11) is 0. The van der Waals surface area contributed by atoms with E-state index in [2.05, 4.69) is 33.1 Å². The fourth-order valence-electron chi connectivity index (χ4n) is 3.53. The number of fused-ring (bicyclic) bond motifs is 2. The number of amides is 1. The van der Waals surface area contributed by atoms with Crippen molar-refractivity contribution in [3.05, 3.63) is 46.2 Å². The van der Waals surface area contributed by atoms with Crippen molar-refractivity contribution >= 4 is 27.8 Å². The van der Waals surface area contributed by atoms with Gasteiger partial charge in [-0.1, -0.05) is 18.2 Å². The number of nitrogens with two attached hydrogens (primary N) is 2. The van der Waals surface area contributed by atoms with E-state index in [0.717, 1.165) is 12.0 Å². The Labute approximate surface area is 130 Å². The van der Waals surface area contributed by atoms with Crippen molar-refractivity contribution in [2.45, 2.75) is 12.3 Å². The summed E-state index contributed by atoms with van der Waals surface area (Å²) in [5.74, 6) is -0.686. The summed E-state index contributed by atoms with van der Waals surface area (Å²) in [6.45, 7) is 0. The van der Waals surface area contributed by atoms with Crippen molar-refractivity contribution < 1.29 is 9.18 Å². The smallest absolute Gasteiger partial charge is 0.253 e. The molecule has 1 aromatic carbocycles. The largest absolute Gasteiger partial charge is 0.370 e. The van der Waals surface area contributed by atoms with Gasteiger partial charge in [0.25, 0.3) is 5.91 Å².